The first-order valence-electron chi connectivity index (χ1n) is 19.0. The first kappa shape index (κ1) is 41.4. The minimum atomic E-state index is -4.20. The molecule has 16 heteroatoms. The lowest BCUT2D eigenvalue weighted by atomic mass is 9.85. The predicted molar refractivity (Wildman–Crippen MR) is 212 cm³/mol. The van der Waals surface area contributed by atoms with Crippen LogP contribution in [0.4, 0.5) is 4.79 Å². The number of hydrogen-bond acceptors (Lipinski definition) is 10. The minimum absolute atomic E-state index is 0.0352. The van der Waals surface area contributed by atoms with E-state index in [1.165, 1.54) is 11.0 Å². The number of nitrogens with one attached hydrogen (secondary N) is 3. The Morgan fingerprint density at radius 3 is 2.37 bits per heavy atom. The summed E-state index contributed by atoms with van der Waals surface area (Å²) in [6, 6.07) is 14.1. The lowest BCUT2D eigenvalue weighted by Gasteiger charge is -2.35. The van der Waals surface area contributed by atoms with Crippen LogP contribution in [0.3, 0.4) is 0 Å². The van der Waals surface area contributed by atoms with E-state index in [0.717, 1.165) is 5.56 Å². The van der Waals surface area contributed by atoms with Crippen molar-refractivity contribution in [3.8, 4) is 22.8 Å². The van der Waals surface area contributed by atoms with E-state index < -0.39 is 73.6 Å². The van der Waals surface area contributed by atoms with Gasteiger partial charge < -0.3 is 34.9 Å². The Balaban J connectivity index is 1.32. The monoisotopic (exact) mass is 805 g/mol. The number of hydrogen-bond donors (Lipinski definition) is 4. The van der Waals surface area contributed by atoms with E-state index in [-0.39, 0.29) is 32.1 Å². The zero-order valence-electron chi connectivity index (χ0n) is 33.0. The number of ether oxygens (including phenoxy) is 3. The highest BCUT2D eigenvalue weighted by Gasteiger charge is 2.64. The Kier molecular flexibility index (Phi) is 11.3. The number of likely N-dealkylation sites (tertiary alicyclic amines) is 1. The number of aromatic nitrogens is 1. The average molecular weight is 806 g/mol. The van der Waals surface area contributed by atoms with E-state index in [1.807, 2.05) is 30.3 Å². The molecule has 2 heterocycles. The summed E-state index contributed by atoms with van der Waals surface area (Å²) in [5.41, 5.74) is -0.533. The number of amides is 4. The largest absolute Gasteiger partial charge is 0.497 e. The third-order valence-electron chi connectivity index (χ3n) is 10.9. The van der Waals surface area contributed by atoms with Gasteiger partial charge in [-0.15, -0.1) is 6.58 Å². The summed E-state index contributed by atoms with van der Waals surface area (Å²) in [5.74, 6) is -1.88. The Bertz CT molecular complexity index is 2170. The number of carbonyl (C=O) groups is 4. The number of methoxy groups -OCH3 is 1. The maximum atomic E-state index is 14.4. The molecule has 6 rings (SSSR count). The van der Waals surface area contributed by atoms with Gasteiger partial charge in [-0.25, -0.2) is 18.2 Å². The predicted octanol–water partition coefficient (Wildman–Crippen LogP) is 4.41. The Labute approximate surface area is 332 Å². The summed E-state index contributed by atoms with van der Waals surface area (Å²) in [7, 11) is -2.64. The molecule has 4 amide bonds. The van der Waals surface area contributed by atoms with E-state index in [0.29, 0.717) is 40.9 Å². The molecule has 1 aromatic heterocycles. The number of fused-ring (bicyclic) bond motifs is 1. The van der Waals surface area contributed by atoms with Gasteiger partial charge in [-0.1, -0.05) is 57.2 Å². The number of pyridine rings is 1. The molecule has 0 spiro atoms. The fraction of sp³-hybridized carbons (Fsp3) is 0.488. The summed E-state index contributed by atoms with van der Waals surface area (Å²) in [6.45, 7) is 12.3. The fourth-order valence-electron chi connectivity index (χ4n) is 7.26. The van der Waals surface area contributed by atoms with Crippen LogP contribution in [-0.2, 0) is 29.1 Å². The highest BCUT2D eigenvalue weighted by atomic mass is 32.2. The van der Waals surface area contributed by atoms with E-state index in [9.17, 15) is 32.7 Å². The molecular formula is C41H51N5O10S. The molecule has 1 saturated heterocycles. The summed E-state index contributed by atoms with van der Waals surface area (Å²) in [4.78, 5) is 60.7. The number of nitrogens with zero attached hydrogens (tertiary/aromatic N) is 2. The quantitative estimate of drug-likeness (QED) is 0.159. The maximum absolute atomic E-state index is 14.4. The molecule has 57 heavy (non-hydrogen) atoms. The molecule has 306 valence electrons. The number of sulfonamides is 1. The maximum Gasteiger partial charge on any atom is 0.405 e. The molecule has 2 aromatic carbocycles. The topological polar surface area (TPSA) is 203 Å². The molecule has 3 fully saturated rings. The van der Waals surface area contributed by atoms with Crippen LogP contribution in [0.5, 0.6) is 11.5 Å². The van der Waals surface area contributed by atoms with Crippen molar-refractivity contribution in [3.63, 3.8) is 0 Å². The summed E-state index contributed by atoms with van der Waals surface area (Å²) < 4.78 is 45.7. The van der Waals surface area contributed by atoms with Crippen LogP contribution in [-0.4, -0.2) is 102 Å². The van der Waals surface area contributed by atoms with Crippen LogP contribution >= 0.6 is 0 Å². The van der Waals surface area contributed by atoms with Gasteiger partial charge in [0.2, 0.25) is 21.8 Å². The van der Waals surface area contributed by atoms with Crippen molar-refractivity contribution in [1.82, 2.24) is 25.2 Å². The van der Waals surface area contributed by atoms with Crippen LogP contribution in [0.1, 0.15) is 60.3 Å². The Hall–Kier alpha value is -5.22. The molecule has 0 radical (unpaired) electrons. The first-order chi connectivity index (χ1) is 26.8. The third-order valence-corrected chi connectivity index (χ3v) is 13.0. The van der Waals surface area contributed by atoms with Gasteiger partial charge in [0.1, 0.15) is 40.0 Å². The molecular weight excluding hydrogens is 755 g/mol. The van der Waals surface area contributed by atoms with Crippen molar-refractivity contribution in [2.45, 2.75) is 94.9 Å². The molecule has 15 nitrogen and oxygen atoms in total. The van der Waals surface area contributed by atoms with Crippen molar-refractivity contribution < 1.29 is 46.9 Å². The molecule has 2 saturated carbocycles. The molecule has 3 aliphatic rings. The van der Waals surface area contributed by atoms with Gasteiger partial charge in [0.25, 0.3) is 5.91 Å². The van der Waals surface area contributed by atoms with Crippen LogP contribution < -0.4 is 24.8 Å². The Morgan fingerprint density at radius 2 is 1.79 bits per heavy atom. The molecule has 3 aromatic rings. The summed E-state index contributed by atoms with van der Waals surface area (Å²) in [6.07, 6.45) is -0.246. The van der Waals surface area contributed by atoms with Gasteiger partial charge in [0.05, 0.1) is 37.6 Å². The molecule has 4 N–H and O–H groups in total. The normalized spacial score (nSPS) is 23.0. The molecule has 5 atom stereocenters. The zero-order valence-corrected chi connectivity index (χ0v) is 33.9. The van der Waals surface area contributed by atoms with E-state index in [2.05, 4.69) is 21.9 Å². The molecule has 1 aliphatic heterocycles. The van der Waals surface area contributed by atoms with Gasteiger partial charge in [-0.05, 0) is 50.7 Å². The van der Waals surface area contributed by atoms with Gasteiger partial charge >= 0.3 is 6.09 Å². The highest BCUT2D eigenvalue weighted by molar-refractivity contribution is 7.91. The van der Waals surface area contributed by atoms with Crippen LogP contribution in [0.15, 0.2) is 67.3 Å². The second-order valence-electron chi connectivity index (χ2n) is 16.5. The summed E-state index contributed by atoms with van der Waals surface area (Å²) in [5, 5.41) is 15.5. The van der Waals surface area contributed by atoms with E-state index in [1.54, 1.807) is 66.0 Å². The number of carbonyl (C=O) groups excluding carboxylic acids is 3. The molecule has 5 unspecified atom stereocenters. The average Bonchev–Trinajstić information content (AvgIpc) is 4.07. The molecule has 0 bridgehead atoms. The summed E-state index contributed by atoms with van der Waals surface area (Å²) >= 11 is 0. The lowest BCUT2D eigenvalue weighted by Crippen LogP contribution is -2.60. The van der Waals surface area contributed by atoms with Crippen molar-refractivity contribution in [2.75, 3.05) is 20.3 Å². The third kappa shape index (κ3) is 8.56. The number of benzene rings is 2. The van der Waals surface area contributed by atoms with Crippen LogP contribution in [0.2, 0.25) is 0 Å². The van der Waals surface area contributed by atoms with Crippen LogP contribution in [0.25, 0.3) is 22.2 Å². The lowest BCUT2D eigenvalue weighted by molar-refractivity contribution is -0.142. The highest BCUT2D eigenvalue weighted by Crippen LogP contribution is 2.48. The fourth-order valence-corrected chi connectivity index (χ4v) is 8.76. The number of carboxylic acid groups (broad SMARTS) is 1. The van der Waals surface area contributed by atoms with Crippen molar-refractivity contribution >= 4 is 44.7 Å². The standard InChI is InChI=1S/C41H51N5O10S/c1-8-26-21-41(26,37(49)45-57(52,53)40(16-17-40)23-55-24(2)3)44-35(47)32-19-28(22-46(32)36(48)34(39(4,5)6)43-38(50)51)56-33-20-30(25-12-10-9-11-13-25)42-31-18-27(54-7)14-15-29(31)33/h8-15,18,20,24,26,28,32,34,43H,1,16-17,19,21-23H2,2-7H3,(H,44,47)(H,45,49)(H,50,51). The smallest absolute Gasteiger partial charge is 0.405 e. The Morgan fingerprint density at radius 1 is 1.09 bits per heavy atom. The minimum Gasteiger partial charge on any atom is -0.497 e. The first-order valence-corrected chi connectivity index (χ1v) is 20.4. The second kappa shape index (κ2) is 15.6. The van der Waals surface area contributed by atoms with E-state index >= 15 is 0 Å². The van der Waals surface area contributed by atoms with Crippen molar-refractivity contribution in [3.05, 3.63) is 67.3 Å². The zero-order chi connectivity index (χ0) is 41.5. The van der Waals surface area contributed by atoms with Gasteiger partial charge in [0, 0.05) is 35.4 Å². The number of rotatable bonds is 15. The van der Waals surface area contributed by atoms with Gasteiger partial charge in [-0.2, -0.15) is 0 Å². The van der Waals surface area contributed by atoms with Crippen LogP contribution in [0, 0.1) is 11.3 Å². The van der Waals surface area contributed by atoms with E-state index in [4.69, 9.17) is 19.2 Å². The van der Waals surface area contributed by atoms with Crippen molar-refractivity contribution in [1.29, 1.82) is 0 Å². The van der Waals surface area contributed by atoms with Gasteiger partial charge in [-0.3, -0.25) is 19.1 Å². The SMILES string of the molecule is C=CC1CC1(NC(=O)C1CC(Oc2cc(-c3ccccc3)nc3cc(OC)ccc23)CN1C(=O)C(NC(=O)O)C(C)(C)C)C(=O)NS(=O)(=O)C1(COC(C)C)CC1. The van der Waals surface area contributed by atoms with Crippen molar-refractivity contribution in [2.24, 2.45) is 11.3 Å². The second-order valence-corrected chi connectivity index (χ2v) is 18.5. The molecule has 2 aliphatic carbocycles. The van der Waals surface area contributed by atoms with Gasteiger partial charge in [0.15, 0.2) is 0 Å².